The third-order valence-corrected chi connectivity index (χ3v) is 6.78. The minimum absolute atomic E-state index is 0.236. The van der Waals surface area contributed by atoms with Crippen LogP contribution in [0.25, 0.3) is 10.2 Å². The first kappa shape index (κ1) is 17.4. The van der Waals surface area contributed by atoms with Gasteiger partial charge in [-0.1, -0.05) is 17.8 Å². The first-order valence-corrected chi connectivity index (χ1v) is 10.5. The molecule has 1 amide bonds. The maximum Gasteiger partial charge on any atom is 0.269 e. The summed E-state index contributed by atoms with van der Waals surface area (Å²) in [5, 5.41) is 7.24. The summed E-state index contributed by atoms with van der Waals surface area (Å²) in [6, 6.07) is 9.84. The van der Waals surface area contributed by atoms with Gasteiger partial charge >= 0.3 is 0 Å². The summed E-state index contributed by atoms with van der Waals surface area (Å²) < 4.78 is 7.03. The normalized spacial score (nSPS) is 23.1. The van der Waals surface area contributed by atoms with E-state index in [-0.39, 0.29) is 5.91 Å². The Morgan fingerprint density at radius 1 is 1.18 bits per heavy atom. The largest absolute Gasteiger partial charge is 0.457 e. The smallest absolute Gasteiger partial charge is 0.269 e. The van der Waals surface area contributed by atoms with Crippen LogP contribution in [0.2, 0.25) is 0 Å². The highest BCUT2D eigenvalue weighted by molar-refractivity contribution is 7.22. The van der Waals surface area contributed by atoms with Crippen LogP contribution in [0.5, 0.6) is 11.5 Å². The number of nitrogens with one attached hydrogen (secondary N) is 2. The van der Waals surface area contributed by atoms with E-state index >= 15 is 0 Å². The van der Waals surface area contributed by atoms with Crippen molar-refractivity contribution in [1.29, 1.82) is 0 Å². The first-order chi connectivity index (χ1) is 13.7. The van der Waals surface area contributed by atoms with Gasteiger partial charge in [0.05, 0.1) is 10.2 Å². The van der Waals surface area contributed by atoms with Crippen molar-refractivity contribution in [2.45, 2.75) is 31.7 Å². The number of thiazole rings is 1. The lowest BCUT2D eigenvalue weighted by atomic mass is 9.96. The van der Waals surface area contributed by atoms with Crippen molar-refractivity contribution in [1.82, 2.24) is 15.3 Å². The Labute approximate surface area is 167 Å². The van der Waals surface area contributed by atoms with Gasteiger partial charge in [0.1, 0.15) is 17.2 Å². The molecule has 2 aromatic heterocycles. The summed E-state index contributed by atoms with van der Waals surface area (Å²) in [4.78, 5) is 20.5. The van der Waals surface area contributed by atoms with E-state index < -0.39 is 0 Å². The van der Waals surface area contributed by atoms with E-state index in [9.17, 15) is 4.79 Å². The zero-order chi connectivity index (χ0) is 19.1. The molecule has 2 aliphatic carbocycles. The van der Waals surface area contributed by atoms with Gasteiger partial charge in [-0.2, -0.15) is 0 Å². The third-order valence-electron chi connectivity index (χ3n) is 5.83. The summed E-state index contributed by atoms with van der Waals surface area (Å²) >= 11 is 1.67. The molecule has 0 radical (unpaired) electrons. The fraction of sp³-hybridized carbons (Fsp3) is 0.381. The summed E-state index contributed by atoms with van der Waals surface area (Å²) in [7, 11) is 1.58. The van der Waals surface area contributed by atoms with Gasteiger partial charge in [-0.05, 0) is 49.3 Å². The number of carbonyl (C=O) groups is 1. The number of benzene rings is 1. The highest BCUT2D eigenvalue weighted by Crippen LogP contribution is 2.46. The topological polar surface area (TPSA) is 76.1 Å². The highest BCUT2D eigenvalue weighted by atomic mass is 32.1. The Morgan fingerprint density at radius 3 is 2.86 bits per heavy atom. The molecule has 0 aliphatic heterocycles. The number of rotatable bonds is 5. The van der Waals surface area contributed by atoms with Crippen LogP contribution in [0.3, 0.4) is 0 Å². The maximum atomic E-state index is 11.7. The molecule has 6 nitrogen and oxygen atoms in total. The van der Waals surface area contributed by atoms with Crippen LogP contribution in [0, 0.1) is 11.8 Å². The van der Waals surface area contributed by atoms with Gasteiger partial charge in [0, 0.05) is 31.4 Å². The van der Waals surface area contributed by atoms with E-state index in [0.717, 1.165) is 32.9 Å². The molecule has 2 heterocycles. The van der Waals surface area contributed by atoms with Crippen LogP contribution >= 0.6 is 11.3 Å². The predicted octanol–water partition coefficient (Wildman–Crippen LogP) is 4.44. The van der Waals surface area contributed by atoms with E-state index in [0.29, 0.717) is 17.5 Å². The van der Waals surface area contributed by atoms with E-state index in [1.807, 2.05) is 18.2 Å². The Morgan fingerprint density at radius 2 is 2.07 bits per heavy atom. The molecule has 5 rings (SSSR count). The van der Waals surface area contributed by atoms with Crippen LogP contribution in [-0.4, -0.2) is 29.0 Å². The van der Waals surface area contributed by atoms with E-state index in [1.165, 1.54) is 25.7 Å². The van der Waals surface area contributed by atoms with Crippen molar-refractivity contribution in [3.8, 4) is 11.5 Å². The molecule has 2 aliphatic rings. The molecule has 1 aromatic carbocycles. The molecule has 7 heteroatoms. The third kappa shape index (κ3) is 3.30. The molecule has 3 atom stereocenters. The Hall–Kier alpha value is -2.67. The number of nitrogens with zero attached hydrogens (tertiary/aromatic N) is 2. The number of fused-ring (bicyclic) bond motifs is 3. The summed E-state index contributed by atoms with van der Waals surface area (Å²) in [6.07, 6.45) is 6.99. The number of amides is 1. The van der Waals surface area contributed by atoms with Crippen LogP contribution in [0.1, 0.15) is 36.2 Å². The lowest BCUT2D eigenvalue weighted by Gasteiger charge is -2.22. The van der Waals surface area contributed by atoms with Crippen molar-refractivity contribution < 1.29 is 9.53 Å². The number of anilines is 1. The number of carbonyl (C=O) groups excluding carboxylic acids is 1. The van der Waals surface area contributed by atoms with Gasteiger partial charge in [-0.3, -0.25) is 9.78 Å². The maximum absolute atomic E-state index is 11.7. The standard InChI is InChI=1S/C21H22N4O2S/c1-22-20(26)18-10-15(6-7-23-18)27-14-4-5-16-19(11-14)28-21(24-16)25-17-9-12-2-3-13(17)8-12/h4-7,10-13,17H,2-3,8-9H2,1H3,(H,22,26)(H,24,25)/t12-,13-,17?/m0/s1. The second-order valence-electron chi connectivity index (χ2n) is 7.63. The molecular formula is C21H22N4O2S. The van der Waals surface area contributed by atoms with Crippen molar-refractivity contribution in [2.24, 2.45) is 11.8 Å². The van der Waals surface area contributed by atoms with Crippen molar-refractivity contribution in [3.63, 3.8) is 0 Å². The van der Waals surface area contributed by atoms with Gasteiger partial charge in [-0.15, -0.1) is 0 Å². The van der Waals surface area contributed by atoms with Gasteiger partial charge in [0.25, 0.3) is 5.91 Å². The number of hydrogen-bond acceptors (Lipinski definition) is 6. The molecule has 1 unspecified atom stereocenters. The highest BCUT2D eigenvalue weighted by Gasteiger charge is 2.39. The zero-order valence-electron chi connectivity index (χ0n) is 15.6. The van der Waals surface area contributed by atoms with Crippen LogP contribution in [0.15, 0.2) is 36.5 Å². The monoisotopic (exact) mass is 394 g/mol. The van der Waals surface area contributed by atoms with Crippen LogP contribution < -0.4 is 15.4 Å². The van der Waals surface area contributed by atoms with Crippen molar-refractivity contribution >= 4 is 32.6 Å². The van der Waals surface area contributed by atoms with Crippen LogP contribution in [0.4, 0.5) is 5.13 Å². The average Bonchev–Trinajstić information content (AvgIpc) is 3.42. The SMILES string of the molecule is CNC(=O)c1cc(Oc2ccc3nc(NC4C[C@H]5CC[C@H]4C5)sc3c2)ccn1. The minimum atomic E-state index is -0.236. The number of hydrogen-bond donors (Lipinski definition) is 2. The minimum Gasteiger partial charge on any atom is -0.457 e. The molecule has 28 heavy (non-hydrogen) atoms. The van der Waals surface area contributed by atoms with Gasteiger partial charge in [0.2, 0.25) is 0 Å². The lowest BCUT2D eigenvalue weighted by Crippen LogP contribution is -2.25. The molecule has 2 fully saturated rings. The summed E-state index contributed by atoms with van der Waals surface area (Å²) in [6.45, 7) is 0. The molecule has 2 saturated carbocycles. The number of pyridine rings is 1. The van der Waals surface area contributed by atoms with Crippen molar-refractivity contribution in [2.75, 3.05) is 12.4 Å². The fourth-order valence-electron chi connectivity index (χ4n) is 4.47. The average molecular weight is 395 g/mol. The second-order valence-corrected chi connectivity index (χ2v) is 8.66. The Kier molecular flexibility index (Phi) is 4.39. The quantitative estimate of drug-likeness (QED) is 0.669. The Balaban J connectivity index is 1.33. The van der Waals surface area contributed by atoms with Crippen molar-refractivity contribution in [3.05, 3.63) is 42.2 Å². The zero-order valence-corrected chi connectivity index (χ0v) is 16.5. The molecule has 2 bridgehead atoms. The first-order valence-electron chi connectivity index (χ1n) is 9.71. The van der Waals surface area contributed by atoms with E-state index in [1.54, 1.807) is 36.7 Å². The molecule has 0 spiro atoms. The predicted molar refractivity (Wildman–Crippen MR) is 110 cm³/mol. The van der Waals surface area contributed by atoms with Gasteiger partial charge in [0.15, 0.2) is 5.13 Å². The number of aromatic nitrogens is 2. The summed E-state index contributed by atoms with van der Waals surface area (Å²) in [5.41, 5.74) is 1.31. The molecule has 3 aromatic rings. The molecule has 2 N–H and O–H groups in total. The Bertz CT molecular complexity index is 1030. The molecular weight excluding hydrogens is 372 g/mol. The lowest BCUT2D eigenvalue weighted by molar-refractivity contribution is 0.0958. The summed E-state index contributed by atoms with van der Waals surface area (Å²) in [5.74, 6) is 2.79. The fourth-order valence-corrected chi connectivity index (χ4v) is 5.43. The second kappa shape index (κ2) is 7.05. The van der Waals surface area contributed by atoms with Crippen LogP contribution in [-0.2, 0) is 0 Å². The van der Waals surface area contributed by atoms with Gasteiger partial charge < -0.3 is 15.4 Å². The molecule has 0 saturated heterocycles. The molecule has 144 valence electrons. The van der Waals surface area contributed by atoms with Gasteiger partial charge in [-0.25, -0.2) is 4.98 Å². The number of ether oxygens (including phenoxy) is 1. The van der Waals surface area contributed by atoms with E-state index in [4.69, 9.17) is 9.72 Å². The van der Waals surface area contributed by atoms with E-state index in [2.05, 4.69) is 15.6 Å².